The maximum atomic E-state index is 13.6. The third kappa shape index (κ3) is 6.46. The SMILES string of the molecule is C=NN(/C=C\C)c1cccc(C2(NCC(O)C(Cc3cc(F)cc(F)c3)NC(C)=O)CC2)c1. The molecule has 0 bridgehead atoms. The lowest BCUT2D eigenvalue weighted by Gasteiger charge is -2.27. The van der Waals surface area contributed by atoms with Crippen LogP contribution in [-0.4, -0.2) is 36.4 Å². The number of halogens is 2. The summed E-state index contributed by atoms with van der Waals surface area (Å²) in [6.07, 6.45) is 4.62. The Morgan fingerprint density at radius 2 is 1.97 bits per heavy atom. The van der Waals surface area contributed by atoms with Crippen molar-refractivity contribution in [2.75, 3.05) is 11.6 Å². The maximum Gasteiger partial charge on any atom is 0.217 e. The summed E-state index contributed by atoms with van der Waals surface area (Å²) in [5, 5.41) is 22.7. The summed E-state index contributed by atoms with van der Waals surface area (Å²) < 4.78 is 27.2. The number of carbonyl (C=O) groups is 1. The first-order valence-electron chi connectivity index (χ1n) is 10.9. The van der Waals surface area contributed by atoms with Crippen molar-refractivity contribution in [1.29, 1.82) is 0 Å². The van der Waals surface area contributed by atoms with E-state index in [1.54, 1.807) is 5.01 Å². The van der Waals surface area contributed by atoms with Gasteiger partial charge in [0.15, 0.2) is 0 Å². The molecular formula is C25H30F2N4O2. The van der Waals surface area contributed by atoms with Crippen molar-refractivity contribution >= 4 is 18.3 Å². The zero-order chi connectivity index (χ0) is 24.0. The zero-order valence-electron chi connectivity index (χ0n) is 18.9. The minimum Gasteiger partial charge on any atom is -0.390 e. The van der Waals surface area contributed by atoms with Gasteiger partial charge in [0.1, 0.15) is 11.6 Å². The molecule has 3 N–H and O–H groups in total. The lowest BCUT2D eigenvalue weighted by molar-refractivity contribution is -0.120. The third-order valence-electron chi connectivity index (χ3n) is 5.74. The van der Waals surface area contributed by atoms with Crippen LogP contribution in [0, 0.1) is 11.6 Å². The van der Waals surface area contributed by atoms with Crippen LogP contribution in [0.5, 0.6) is 0 Å². The summed E-state index contributed by atoms with van der Waals surface area (Å²) >= 11 is 0. The molecule has 0 radical (unpaired) electrons. The van der Waals surface area contributed by atoms with E-state index in [0.29, 0.717) is 5.56 Å². The van der Waals surface area contributed by atoms with Gasteiger partial charge in [-0.25, -0.2) is 13.8 Å². The van der Waals surface area contributed by atoms with Gasteiger partial charge in [0.05, 0.1) is 17.8 Å². The number of rotatable bonds is 11. The van der Waals surface area contributed by atoms with Gasteiger partial charge in [0.25, 0.3) is 0 Å². The van der Waals surface area contributed by atoms with Gasteiger partial charge in [-0.05, 0) is 61.6 Å². The van der Waals surface area contributed by atoms with Gasteiger partial charge in [0, 0.05) is 38.0 Å². The third-order valence-corrected chi connectivity index (χ3v) is 5.74. The largest absolute Gasteiger partial charge is 0.390 e. The van der Waals surface area contributed by atoms with Gasteiger partial charge in [-0.15, -0.1) is 0 Å². The van der Waals surface area contributed by atoms with Crippen molar-refractivity contribution < 1.29 is 18.7 Å². The number of hydrazone groups is 1. The first-order valence-corrected chi connectivity index (χ1v) is 10.9. The van der Waals surface area contributed by atoms with Crippen LogP contribution in [0.15, 0.2) is 59.8 Å². The molecule has 1 aliphatic rings. The van der Waals surface area contributed by atoms with E-state index in [-0.39, 0.29) is 24.4 Å². The minimum absolute atomic E-state index is 0.100. The molecule has 0 spiro atoms. The van der Waals surface area contributed by atoms with Gasteiger partial charge in [0.2, 0.25) is 5.91 Å². The topological polar surface area (TPSA) is 77.0 Å². The van der Waals surface area contributed by atoms with Crippen LogP contribution in [0.25, 0.3) is 0 Å². The van der Waals surface area contributed by atoms with E-state index in [2.05, 4.69) is 22.5 Å². The van der Waals surface area contributed by atoms with Crippen LogP contribution < -0.4 is 15.6 Å². The Labute approximate surface area is 193 Å². The second kappa shape index (κ2) is 10.7. The molecule has 2 aromatic rings. The van der Waals surface area contributed by atoms with Crippen molar-refractivity contribution in [3.63, 3.8) is 0 Å². The minimum atomic E-state index is -0.963. The summed E-state index contributed by atoms with van der Waals surface area (Å²) in [5.41, 5.74) is 2.01. The van der Waals surface area contributed by atoms with E-state index in [4.69, 9.17) is 0 Å². The van der Waals surface area contributed by atoms with Gasteiger partial charge in [-0.1, -0.05) is 18.2 Å². The summed E-state index contributed by atoms with van der Waals surface area (Å²) in [6.45, 7) is 7.05. The first kappa shape index (κ1) is 24.5. The molecule has 2 atom stereocenters. The van der Waals surface area contributed by atoms with E-state index in [1.165, 1.54) is 19.1 Å². The Morgan fingerprint density at radius 1 is 1.27 bits per heavy atom. The number of aliphatic hydroxyl groups is 1. The number of aliphatic hydroxyl groups excluding tert-OH is 1. The average Bonchev–Trinajstić information content (AvgIpc) is 3.56. The molecule has 2 aromatic carbocycles. The molecule has 6 nitrogen and oxygen atoms in total. The van der Waals surface area contributed by atoms with Crippen molar-refractivity contribution in [1.82, 2.24) is 10.6 Å². The lowest BCUT2D eigenvalue weighted by atomic mass is 9.99. The van der Waals surface area contributed by atoms with E-state index in [9.17, 15) is 18.7 Å². The van der Waals surface area contributed by atoms with Gasteiger partial charge < -0.3 is 15.7 Å². The van der Waals surface area contributed by atoms with E-state index in [1.807, 2.05) is 43.5 Å². The van der Waals surface area contributed by atoms with E-state index >= 15 is 0 Å². The number of benzene rings is 2. The van der Waals surface area contributed by atoms with Crippen molar-refractivity contribution in [3.05, 3.63) is 77.5 Å². The fourth-order valence-corrected chi connectivity index (χ4v) is 3.96. The molecule has 8 heteroatoms. The molecule has 1 aliphatic carbocycles. The van der Waals surface area contributed by atoms with Crippen LogP contribution in [0.2, 0.25) is 0 Å². The Bertz CT molecular complexity index is 1000. The number of anilines is 1. The summed E-state index contributed by atoms with van der Waals surface area (Å²) in [7, 11) is 0. The molecule has 1 saturated carbocycles. The summed E-state index contributed by atoms with van der Waals surface area (Å²) in [6, 6.07) is 10.4. The molecular weight excluding hydrogens is 426 g/mol. The van der Waals surface area contributed by atoms with E-state index < -0.39 is 23.8 Å². The highest BCUT2D eigenvalue weighted by atomic mass is 19.1. The van der Waals surface area contributed by atoms with Crippen LogP contribution in [0.3, 0.4) is 0 Å². The number of nitrogens with one attached hydrogen (secondary N) is 2. The van der Waals surface area contributed by atoms with Crippen LogP contribution in [0.4, 0.5) is 14.5 Å². The summed E-state index contributed by atoms with van der Waals surface area (Å²) in [5.74, 6) is -1.72. The molecule has 0 saturated heterocycles. The normalized spacial score (nSPS) is 16.3. The Morgan fingerprint density at radius 3 is 2.55 bits per heavy atom. The van der Waals surface area contributed by atoms with Crippen LogP contribution >= 0.6 is 0 Å². The van der Waals surface area contributed by atoms with Gasteiger partial charge in [-0.2, -0.15) is 5.10 Å². The fourth-order valence-electron chi connectivity index (χ4n) is 3.96. The van der Waals surface area contributed by atoms with Crippen LogP contribution in [-0.2, 0) is 16.8 Å². The fraction of sp³-hybridized carbons (Fsp3) is 0.360. The molecule has 1 amide bonds. The average molecular weight is 457 g/mol. The predicted octanol–water partition coefficient (Wildman–Crippen LogP) is 3.61. The number of amides is 1. The highest BCUT2D eigenvalue weighted by molar-refractivity contribution is 5.73. The number of nitrogens with zero attached hydrogens (tertiary/aromatic N) is 2. The predicted molar refractivity (Wildman–Crippen MR) is 126 cm³/mol. The van der Waals surface area contributed by atoms with Gasteiger partial charge >= 0.3 is 0 Å². The van der Waals surface area contributed by atoms with Gasteiger partial charge in [-0.3, -0.25) is 4.79 Å². The monoisotopic (exact) mass is 456 g/mol. The number of carbonyl (C=O) groups excluding carboxylic acids is 1. The van der Waals surface area contributed by atoms with E-state index in [0.717, 1.165) is 30.2 Å². The smallest absolute Gasteiger partial charge is 0.217 e. The molecule has 1 fully saturated rings. The quantitative estimate of drug-likeness (QED) is 0.357. The van der Waals surface area contributed by atoms with Crippen molar-refractivity contribution in [2.24, 2.45) is 5.10 Å². The number of allylic oxidation sites excluding steroid dienone is 1. The molecule has 0 aromatic heterocycles. The Kier molecular flexibility index (Phi) is 7.94. The van der Waals surface area contributed by atoms with Crippen molar-refractivity contribution in [3.8, 4) is 0 Å². The zero-order valence-corrected chi connectivity index (χ0v) is 18.9. The summed E-state index contributed by atoms with van der Waals surface area (Å²) in [4.78, 5) is 11.7. The second-order valence-electron chi connectivity index (χ2n) is 8.34. The standard InChI is InChI=1S/C25H30F2N4O2/c1-4-10-31(28-3)22-7-5-6-19(14-22)25(8-9-25)29-16-24(33)23(30-17(2)32)13-18-11-20(26)15-21(27)12-18/h4-7,10-12,14-15,23-24,29,33H,3,8-9,13,16H2,1-2H3,(H,30,32)/b10-4-. The van der Waals surface area contributed by atoms with Crippen LogP contribution in [0.1, 0.15) is 37.8 Å². The Balaban J connectivity index is 1.71. The molecule has 33 heavy (non-hydrogen) atoms. The lowest BCUT2D eigenvalue weighted by Crippen LogP contribution is -2.49. The highest BCUT2D eigenvalue weighted by Gasteiger charge is 2.44. The molecule has 0 heterocycles. The molecule has 176 valence electrons. The molecule has 3 rings (SSSR count). The second-order valence-corrected chi connectivity index (χ2v) is 8.34. The molecule has 2 unspecified atom stereocenters. The number of hydrogen-bond donors (Lipinski definition) is 3. The first-order chi connectivity index (χ1) is 15.8. The Hall–Kier alpha value is -3.10. The molecule has 0 aliphatic heterocycles. The maximum absolute atomic E-state index is 13.6. The highest BCUT2D eigenvalue weighted by Crippen LogP contribution is 2.46. The van der Waals surface area contributed by atoms with Crippen molar-refractivity contribution in [2.45, 2.75) is 50.8 Å². The number of hydrogen-bond acceptors (Lipinski definition) is 5.